The molecule has 24 heavy (non-hydrogen) atoms. The average Bonchev–Trinajstić information content (AvgIpc) is 2.46. The van der Waals surface area contributed by atoms with Gasteiger partial charge in [-0.25, -0.2) is 9.37 Å². The first kappa shape index (κ1) is 19.4. The van der Waals surface area contributed by atoms with E-state index < -0.39 is 14.1 Å². The van der Waals surface area contributed by atoms with E-state index in [-0.39, 0.29) is 10.1 Å². The number of hydrogen-bond donors (Lipinski definition) is 0. The number of pyridine rings is 1. The lowest BCUT2D eigenvalue weighted by molar-refractivity contribution is 0.276. The Bertz CT molecular complexity index is 744. The third-order valence-corrected chi connectivity index (χ3v) is 9.44. The molecule has 1 heterocycles. The van der Waals surface area contributed by atoms with Gasteiger partial charge in [0, 0.05) is 5.56 Å². The van der Waals surface area contributed by atoms with Crippen molar-refractivity contribution in [1.29, 1.82) is 0 Å². The van der Waals surface area contributed by atoms with E-state index in [9.17, 15) is 4.39 Å². The van der Waals surface area contributed by atoms with Crippen molar-refractivity contribution in [3.63, 3.8) is 0 Å². The molecule has 0 aliphatic rings. The second-order valence-corrected chi connectivity index (χ2v) is 13.0. The Balaban J connectivity index is 2.27. The molecular weight excluding hydrogens is 364 g/mol. The third-order valence-electron chi connectivity index (χ3n) is 4.48. The van der Waals surface area contributed by atoms with Crippen molar-refractivity contribution >= 4 is 31.5 Å². The lowest BCUT2D eigenvalue weighted by atomic mass is 10.1. The molecule has 0 bridgehead atoms. The molecule has 0 saturated carbocycles. The summed E-state index contributed by atoms with van der Waals surface area (Å²) in [5.74, 6) is -0.455. The van der Waals surface area contributed by atoms with Gasteiger partial charge in [-0.15, -0.1) is 0 Å². The van der Waals surface area contributed by atoms with Gasteiger partial charge in [0.15, 0.2) is 8.32 Å². The first-order valence-corrected chi connectivity index (χ1v) is 11.4. The Morgan fingerprint density at radius 3 is 2.38 bits per heavy atom. The number of aromatic nitrogens is 1. The maximum absolute atomic E-state index is 13.3. The lowest BCUT2D eigenvalue weighted by Gasteiger charge is -2.36. The zero-order valence-corrected chi connectivity index (χ0v) is 17.1. The van der Waals surface area contributed by atoms with Crippen LogP contribution in [0.15, 0.2) is 30.3 Å². The van der Waals surface area contributed by atoms with Crippen LogP contribution >= 0.6 is 23.2 Å². The Labute approximate surface area is 154 Å². The molecule has 0 atom stereocenters. The van der Waals surface area contributed by atoms with Gasteiger partial charge in [-0.05, 0) is 54.0 Å². The summed E-state index contributed by atoms with van der Waals surface area (Å²) in [5, 5.41) is 0.576. The largest absolute Gasteiger partial charge is 0.413 e. The SMILES string of the molecule is CC(C)(C)[Si](C)(C)OCc1cc(Cl)nc(-c2ccc(F)c(Cl)c2)c1. The van der Waals surface area contributed by atoms with Crippen LogP contribution in [0.4, 0.5) is 4.39 Å². The predicted octanol–water partition coefficient (Wildman–Crippen LogP) is 6.72. The van der Waals surface area contributed by atoms with Crippen LogP contribution in [-0.4, -0.2) is 13.3 Å². The lowest BCUT2D eigenvalue weighted by Crippen LogP contribution is -2.40. The molecule has 2 aromatic rings. The van der Waals surface area contributed by atoms with Gasteiger partial charge in [-0.3, -0.25) is 0 Å². The number of nitrogens with zero attached hydrogens (tertiary/aromatic N) is 1. The van der Waals surface area contributed by atoms with E-state index in [1.165, 1.54) is 6.07 Å². The molecule has 0 aliphatic heterocycles. The average molecular weight is 386 g/mol. The zero-order chi connectivity index (χ0) is 18.1. The van der Waals surface area contributed by atoms with Crippen LogP contribution in [0.3, 0.4) is 0 Å². The maximum atomic E-state index is 13.3. The molecule has 1 aromatic carbocycles. The second-order valence-electron chi connectivity index (χ2n) is 7.36. The van der Waals surface area contributed by atoms with Gasteiger partial charge in [-0.1, -0.05) is 44.0 Å². The maximum Gasteiger partial charge on any atom is 0.192 e. The summed E-state index contributed by atoms with van der Waals surface area (Å²) in [6.45, 7) is 11.5. The number of rotatable bonds is 4. The fourth-order valence-corrected chi connectivity index (χ4v) is 3.29. The monoisotopic (exact) mass is 385 g/mol. The highest BCUT2D eigenvalue weighted by Crippen LogP contribution is 2.37. The standard InChI is InChI=1S/C18H22Cl2FNOSi/c1-18(2,3)24(4,5)23-11-12-8-16(22-17(20)9-12)13-6-7-15(21)14(19)10-13/h6-10H,11H2,1-5H3. The summed E-state index contributed by atoms with van der Waals surface area (Å²) in [7, 11) is -1.85. The number of halogens is 3. The van der Waals surface area contributed by atoms with Crippen LogP contribution < -0.4 is 0 Å². The van der Waals surface area contributed by atoms with Gasteiger partial charge in [-0.2, -0.15) is 0 Å². The summed E-state index contributed by atoms with van der Waals surface area (Å²) in [6, 6.07) is 8.21. The Hall–Kier alpha value is -0.943. The number of hydrogen-bond acceptors (Lipinski definition) is 2. The molecular formula is C18H22Cl2FNOSi. The highest BCUT2D eigenvalue weighted by Gasteiger charge is 2.37. The minimum Gasteiger partial charge on any atom is -0.413 e. The first-order valence-electron chi connectivity index (χ1n) is 7.75. The van der Waals surface area contributed by atoms with E-state index in [4.69, 9.17) is 27.6 Å². The molecule has 0 aliphatic carbocycles. The quantitative estimate of drug-likeness (QED) is 0.430. The van der Waals surface area contributed by atoms with Gasteiger partial charge in [0.2, 0.25) is 0 Å². The van der Waals surface area contributed by atoms with Crippen molar-refractivity contribution in [2.24, 2.45) is 0 Å². The Morgan fingerprint density at radius 1 is 1.12 bits per heavy atom. The Morgan fingerprint density at radius 2 is 1.79 bits per heavy atom. The van der Waals surface area contributed by atoms with Crippen molar-refractivity contribution in [3.8, 4) is 11.3 Å². The summed E-state index contributed by atoms with van der Waals surface area (Å²) >= 11 is 12.0. The summed E-state index contributed by atoms with van der Waals surface area (Å²) in [5.41, 5.74) is 2.31. The van der Waals surface area contributed by atoms with E-state index in [1.54, 1.807) is 18.2 Å². The van der Waals surface area contributed by atoms with E-state index >= 15 is 0 Å². The van der Waals surface area contributed by atoms with Crippen LogP contribution in [0, 0.1) is 5.82 Å². The zero-order valence-electron chi connectivity index (χ0n) is 14.6. The molecule has 0 spiro atoms. The molecule has 0 fully saturated rings. The summed E-state index contributed by atoms with van der Waals surface area (Å²) in [6.07, 6.45) is 0. The minimum atomic E-state index is -1.85. The van der Waals surface area contributed by atoms with Crippen LogP contribution in [0.25, 0.3) is 11.3 Å². The molecule has 0 saturated heterocycles. The van der Waals surface area contributed by atoms with E-state index in [1.807, 2.05) is 6.07 Å². The summed E-state index contributed by atoms with van der Waals surface area (Å²) in [4.78, 5) is 4.31. The molecule has 0 N–H and O–H groups in total. The van der Waals surface area contributed by atoms with Gasteiger partial charge >= 0.3 is 0 Å². The third kappa shape index (κ3) is 4.57. The van der Waals surface area contributed by atoms with E-state index in [0.717, 1.165) is 11.1 Å². The van der Waals surface area contributed by atoms with Crippen molar-refractivity contribution in [2.75, 3.05) is 0 Å². The van der Waals surface area contributed by atoms with Crippen LogP contribution in [0.5, 0.6) is 0 Å². The molecule has 0 amide bonds. The highest BCUT2D eigenvalue weighted by molar-refractivity contribution is 6.74. The normalized spacial score (nSPS) is 12.5. The molecule has 2 rings (SSSR count). The van der Waals surface area contributed by atoms with Gasteiger partial charge in [0.1, 0.15) is 11.0 Å². The topological polar surface area (TPSA) is 22.1 Å². The fraction of sp³-hybridized carbons (Fsp3) is 0.389. The minimum absolute atomic E-state index is 0.0633. The van der Waals surface area contributed by atoms with Crippen molar-refractivity contribution < 1.29 is 8.82 Å². The molecule has 2 nitrogen and oxygen atoms in total. The van der Waals surface area contributed by atoms with Crippen LogP contribution in [0.1, 0.15) is 26.3 Å². The van der Waals surface area contributed by atoms with Crippen molar-refractivity contribution in [1.82, 2.24) is 4.98 Å². The number of benzene rings is 1. The predicted molar refractivity (Wildman–Crippen MR) is 102 cm³/mol. The van der Waals surface area contributed by atoms with Crippen LogP contribution in [0.2, 0.25) is 28.3 Å². The van der Waals surface area contributed by atoms with Gasteiger partial charge in [0.05, 0.1) is 17.3 Å². The van der Waals surface area contributed by atoms with Crippen molar-refractivity contribution in [2.45, 2.75) is 45.5 Å². The Kier molecular flexibility index (Phi) is 5.75. The van der Waals surface area contributed by atoms with Crippen LogP contribution in [-0.2, 0) is 11.0 Å². The molecule has 0 unspecified atom stereocenters. The molecule has 130 valence electrons. The van der Waals surface area contributed by atoms with Gasteiger partial charge < -0.3 is 4.43 Å². The molecule has 6 heteroatoms. The first-order chi connectivity index (χ1) is 11.0. The molecule has 0 radical (unpaired) electrons. The van der Waals surface area contributed by atoms with Gasteiger partial charge in [0.25, 0.3) is 0 Å². The van der Waals surface area contributed by atoms with E-state index in [0.29, 0.717) is 17.5 Å². The summed E-state index contributed by atoms with van der Waals surface area (Å²) < 4.78 is 19.6. The fourth-order valence-electron chi connectivity index (χ4n) is 1.92. The smallest absolute Gasteiger partial charge is 0.192 e. The van der Waals surface area contributed by atoms with E-state index in [2.05, 4.69) is 38.8 Å². The highest BCUT2D eigenvalue weighted by atomic mass is 35.5. The molecule has 1 aromatic heterocycles. The van der Waals surface area contributed by atoms with Crippen molar-refractivity contribution in [3.05, 3.63) is 51.9 Å². The second kappa shape index (κ2) is 7.12.